The van der Waals surface area contributed by atoms with Gasteiger partial charge in [0.2, 0.25) is 41.4 Å². The van der Waals surface area contributed by atoms with Crippen molar-refractivity contribution in [1.82, 2.24) is 21.3 Å². The van der Waals surface area contributed by atoms with Crippen LogP contribution in [0, 0.1) is 0 Å². The maximum atomic E-state index is 13.6. The maximum Gasteiger partial charge on any atom is 0.408 e. The highest BCUT2D eigenvalue weighted by Gasteiger charge is 2.40. The van der Waals surface area contributed by atoms with Gasteiger partial charge in [-0.25, -0.2) is 19.2 Å². The summed E-state index contributed by atoms with van der Waals surface area (Å²) in [5, 5.41) is 30.9. The predicted molar refractivity (Wildman–Crippen MR) is 464 cm³/mol. The number of amides is 11. The van der Waals surface area contributed by atoms with Gasteiger partial charge in [0.25, 0.3) is 0 Å². The number of hydrogen-bond acceptors (Lipinski definition) is 17. The first-order chi connectivity index (χ1) is 55.6. The molecule has 0 saturated carbocycles. The minimum Gasteiger partial charge on any atom is -0.444 e. The van der Waals surface area contributed by atoms with E-state index in [1.165, 1.54) is 5.56 Å². The summed E-state index contributed by atoms with van der Waals surface area (Å²) in [5.74, 6) is -0.215. The summed E-state index contributed by atoms with van der Waals surface area (Å²) >= 11 is 19.4. The molecular weight excluding hydrogens is 1640 g/mol. The Kier molecular flexibility index (Phi) is 35.4. The lowest BCUT2D eigenvalue weighted by molar-refractivity contribution is -0.121. The van der Waals surface area contributed by atoms with Crippen LogP contribution in [0.2, 0.25) is 0 Å². The van der Waals surface area contributed by atoms with Crippen molar-refractivity contribution in [2.24, 2.45) is 0 Å². The van der Waals surface area contributed by atoms with Gasteiger partial charge < -0.3 is 87.0 Å². The average Bonchev–Trinajstić information content (AvgIpc) is 1.17. The van der Waals surface area contributed by atoms with E-state index in [9.17, 15) is 52.7 Å². The van der Waals surface area contributed by atoms with Gasteiger partial charge in [0.15, 0.2) is 0 Å². The molecule has 11 N–H and O–H groups in total. The summed E-state index contributed by atoms with van der Waals surface area (Å²) in [7, 11) is 0. The molecule has 6 aliphatic rings. The van der Waals surface area contributed by atoms with Crippen LogP contribution in [-0.4, -0.2) is 148 Å². The number of carbonyl (C=O) groups excluding carboxylic acids is 11. The topological polar surface area (TPSA) is 377 Å². The molecule has 6 aromatic rings. The third-order valence-electron chi connectivity index (χ3n) is 17.8. The van der Waals surface area contributed by atoms with Crippen LogP contribution < -0.4 is 63.0 Å². The van der Waals surface area contributed by atoms with Crippen LogP contribution in [0.4, 0.5) is 64.7 Å². The number of alkyl carbamates (subject to hydrolysis) is 4. The van der Waals surface area contributed by atoms with E-state index in [2.05, 4.69) is 70.6 Å². The summed E-state index contributed by atoms with van der Waals surface area (Å²) in [6, 6.07) is 39.3. The first-order valence-electron chi connectivity index (χ1n) is 39.1. The van der Waals surface area contributed by atoms with E-state index in [0.717, 1.165) is 69.5 Å². The molecule has 0 aliphatic carbocycles. The van der Waals surface area contributed by atoms with Crippen LogP contribution >= 0.6 is 50.7 Å². The van der Waals surface area contributed by atoms with Crippen molar-refractivity contribution >= 4 is 162 Å². The Labute approximate surface area is 713 Å². The van der Waals surface area contributed by atoms with E-state index < -0.39 is 76.5 Å². The number of alkyl halides is 4. The minimum atomic E-state index is -0.745. The van der Waals surface area contributed by atoms with Crippen molar-refractivity contribution in [1.29, 1.82) is 0 Å². The van der Waals surface area contributed by atoms with E-state index in [1.807, 2.05) is 103 Å². The molecule has 11 amide bonds. The Hall–Kier alpha value is -10.2. The van der Waals surface area contributed by atoms with Crippen LogP contribution in [0.15, 0.2) is 133 Å². The van der Waals surface area contributed by atoms with Crippen molar-refractivity contribution in [3.63, 3.8) is 0 Å². The number of fused-ring (bicyclic) bond motifs is 4. The van der Waals surface area contributed by atoms with E-state index in [0.29, 0.717) is 118 Å². The number of nitrogen functional groups attached to an aromatic ring is 1. The molecule has 6 heterocycles. The summed E-state index contributed by atoms with van der Waals surface area (Å²) in [6.45, 7) is 22.9. The van der Waals surface area contributed by atoms with Crippen LogP contribution in [0.25, 0.3) is 0 Å². The quantitative estimate of drug-likeness (QED) is 0.0244. The van der Waals surface area contributed by atoms with Gasteiger partial charge in [0, 0.05) is 75.1 Å². The highest BCUT2D eigenvalue weighted by Crippen LogP contribution is 2.41. The molecule has 6 aliphatic heterocycles. The zero-order chi connectivity index (χ0) is 86.8. The molecule has 0 bridgehead atoms. The molecule has 118 heavy (non-hydrogen) atoms. The van der Waals surface area contributed by atoms with Gasteiger partial charge in [-0.1, -0.05) is 137 Å². The fraction of sp³-hybridized carbons (Fsp3) is 0.453. The molecule has 5 atom stereocenters. The van der Waals surface area contributed by atoms with Crippen molar-refractivity contribution in [3.8, 4) is 0 Å². The molecule has 638 valence electrons. The number of nitrogens with one attached hydrogen (secondary N) is 8. The van der Waals surface area contributed by atoms with Crippen molar-refractivity contribution < 1.29 is 76.8 Å². The number of rotatable bonds is 16. The second-order valence-corrected chi connectivity index (χ2v) is 34.2. The lowest BCUT2D eigenvalue weighted by Crippen LogP contribution is -2.53. The number of aliphatic hydroxyl groups excluding tert-OH is 1. The minimum absolute atomic E-state index is 0.0663. The third-order valence-corrected chi connectivity index (χ3v) is 19.2. The molecule has 0 radical (unpaired) electrons. The van der Waals surface area contributed by atoms with Gasteiger partial charge in [0.05, 0.1) is 52.0 Å². The molecule has 28 nitrogen and oxygen atoms in total. The molecule has 0 aromatic heterocycles. The monoisotopic (exact) mass is 1750 g/mol. The standard InChI is InChI=1S/C25H29N3O4.C18H24ClN3O4.C18H23N3O4.C14H19N3O3.C7H7Br.C4H8Cl2O/c1-25(2,3)32-24(31)26-19-15-18-11-7-12-20(27-14-8-13-21(27)29)22(18)28(23(19)30)16-17-9-5-4-6-10-17;1-18(2,3)26-17(25)21-13-10-11-6-4-7-12(15(11)22-16(13)24)20-14(23)8-5-9-19;1-18(2,3)25-17(24)19-12-10-11-6-4-7-13(15(11)20-16(12)23)21-9-5-8-14(21)22;1-14(2,3)20-13(19)16-10-7-8-5-4-6-9(15)11(8)17-12(10)18;8-6-7-4-2-1-3-5-7;5-3-1-2-4(6)7/h4-7,9-12,19H,8,13-16H2,1-3H3,(H,26,31);4,6-7,13H,5,8-10H2,1-3H3,(H,20,23)(H,21,25)(H,22,24);4,6-7,12H,5,8-10H2,1-3H3,(H,19,24)(H,20,23);4-6,10H,7,15H2,1-3H3,(H,16,19)(H,17,18);1-5H,6H2;4,7H,1-3H2/t;;;;;4-/m.....0/s1. The van der Waals surface area contributed by atoms with Crippen LogP contribution in [0.3, 0.4) is 0 Å². The fourth-order valence-corrected chi connectivity index (χ4v) is 13.6. The average molecular weight is 1750 g/mol. The van der Waals surface area contributed by atoms with Crippen LogP contribution in [0.5, 0.6) is 0 Å². The predicted octanol–water partition coefficient (Wildman–Crippen LogP) is 14.8. The number of nitrogens with zero attached hydrogens (tertiary/aromatic N) is 3. The number of nitrogens with two attached hydrogens (primary N) is 1. The molecule has 6 aromatic carbocycles. The second kappa shape index (κ2) is 44.0. The van der Waals surface area contributed by atoms with E-state index in [-0.39, 0.29) is 41.4 Å². The Balaban J connectivity index is 0.000000206. The van der Waals surface area contributed by atoms with Gasteiger partial charge in [0.1, 0.15) is 52.1 Å². The van der Waals surface area contributed by atoms with Crippen LogP contribution in [-0.2, 0) is 90.1 Å². The number of para-hydroxylation sites is 4. The van der Waals surface area contributed by atoms with E-state index in [1.54, 1.807) is 116 Å². The molecule has 32 heteroatoms. The zero-order valence-corrected chi connectivity index (χ0v) is 72.7. The molecule has 2 fully saturated rings. The van der Waals surface area contributed by atoms with E-state index in [4.69, 9.17) is 64.6 Å². The number of hydrogen-bond donors (Lipinski definition) is 10. The lowest BCUT2D eigenvalue weighted by atomic mass is 9.95. The number of aliphatic hydroxyl groups is 1. The summed E-state index contributed by atoms with van der Waals surface area (Å²) in [6.07, 6.45) is 3.83. The SMILES string of the molecule is BrCc1ccccc1.CC(C)(C)OC(=O)NC1Cc2cccc(N)c2NC1=O.CC(C)(C)OC(=O)NC1Cc2cccc(N3CCCC3=O)c2N(Cc2ccccc2)C1=O.CC(C)(C)OC(=O)NC1Cc2cccc(N3CCCC3=O)c2NC1=O.CC(C)(C)OC(=O)NC1Cc2cccc(NC(=O)CCCCl)c2NC1=O.O[C@H](Cl)CCCCl. The Morgan fingerprint density at radius 3 is 1.31 bits per heavy atom. The Bertz CT molecular complexity index is 4500. The lowest BCUT2D eigenvalue weighted by Gasteiger charge is -2.37. The number of halogens is 4. The first-order valence-corrected chi connectivity index (χ1v) is 41.7. The zero-order valence-electron chi connectivity index (χ0n) is 68.8. The maximum absolute atomic E-state index is 13.6. The number of ether oxygens (including phenoxy) is 4. The van der Waals surface area contributed by atoms with Crippen molar-refractivity contribution in [3.05, 3.63) is 167 Å². The fourth-order valence-electron chi connectivity index (χ4n) is 12.8. The van der Waals surface area contributed by atoms with E-state index >= 15 is 0 Å². The van der Waals surface area contributed by atoms with Gasteiger partial charge in [-0.3, -0.25) is 33.6 Å². The third kappa shape index (κ3) is 30.3. The smallest absolute Gasteiger partial charge is 0.408 e. The van der Waals surface area contributed by atoms with Crippen LogP contribution in [0.1, 0.15) is 168 Å². The molecule has 2 saturated heterocycles. The molecular formula is C86H110BrCl3N12O16. The van der Waals surface area contributed by atoms with Gasteiger partial charge in [-0.05, 0) is 173 Å². The summed E-state index contributed by atoms with van der Waals surface area (Å²) in [5.41, 5.74) is 13.5. The first kappa shape index (κ1) is 94.9. The largest absolute Gasteiger partial charge is 0.444 e. The van der Waals surface area contributed by atoms with Gasteiger partial charge in [-0.2, -0.15) is 0 Å². The summed E-state index contributed by atoms with van der Waals surface area (Å²) in [4.78, 5) is 140. The summed E-state index contributed by atoms with van der Waals surface area (Å²) < 4.78 is 20.9. The normalized spacial score (nSPS) is 17.4. The second-order valence-electron chi connectivity index (χ2n) is 32.3. The van der Waals surface area contributed by atoms with Crippen molar-refractivity contribution in [2.75, 3.05) is 66.6 Å². The Morgan fingerprint density at radius 2 is 0.890 bits per heavy atom. The van der Waals surface area contributed by atoms with Gasteiger partial charge in [-0.15, -0.1) is 23.2 Å². The van der Waals surface area contributed by atoms with Gasteiger partial charge >= 0.3 is 24.4 Å². The Morgan fingerprint density at radius 1 is 0.500 bits per heavy atom. The molecule has 0 spiro atoms. The number of anilines is 8. The molecule has 4 unspecified atom stereocenters. The highest BCUT2D eigenvalue weighted by atomic mass is 79.9. The number of carbonyl (C=O) groups is 11. The molecule has 12 rings (SSSR count). The van der Waals surface area contributed by atoms with Crippen molar-refractivity contribution in [2.45, 2.75) is 224 Å². The number of benzene rings is 6. The highest BCUT2D eigenvalue weighted by molar-refractivity contribution is 9.08.